The van der Waals surface area contributed by atoms with Crippen molar-refractivity contribution in [3.8, 4) is 0 Å². The number of carbonyl (C=O) groups excluding carboxylic acids is 1. The van der Waals surface area contributed by atoms with E-state index in [1.807, 2.05) is 41.9 Å². The van der Waals surface area contributed by atoms with Crippen LogP contribution in [-0.2, 0) is 13.5 Å². The van der Waals surface area contributed by atoms with Gasteiger partial charge in [0, 0.05) is 24.3 Å². The zero-order valence-corrected chi connectivity index (χ0v) is 17.0. The summed E-state index contributed by atoms with van der Waals surface area (Å²) in [5.74, 6) is 0.572. The number of carbonyl (C=O) groups is 1. The first-order chi connectivity index (χ1) is 12.9. The van der Waals surface area contributed by atoms with Crippen molar-refractivity contribution in [3.05, 3.63) is 77.1 Å². The quantitative estimate of drug-likeness (QED) is 0.417. The highest BCUT2D eigenvalue weighted by Crippen LogP contribution is 2.33. The average Bonchev–Trinajstić information content (AvgIpc) is 3.06. The number of benzene rings is 2. The highest BCUT2D eigenvalue weighted by atomic mass is 32.2. The van der Waals surface area contributed by atoms with Crippen molar-refractivity contribution in [1.29, 1.82) is 0 Å². The number of hydrogen-bond donors (Lipinski definition) is 0. The monoisotopic (exact) mass is 379 g/mol. The van der Waals surface area contributed by atoms with Gasteiger partial charge in [-0.2, -0.15) is 0 Å². The topological polar surface area (TPSA) is 47.8 Å². The summed E-state index contributed by atoms with van der Waals surface area (Å²) >= 11 is 1.66. The molecule has 4 nitrogen and oxygen atoms in total. The molecule has 0 unspecified atom stereocenters. The number of rotatable bonds is 7. The summed E-state index contributed by atoms with van der Waals surface area (Å²) in [5, 5.41) is 9.17. The summed E-state index contributed by atoms with van der Waals surface area (Å²) < 4.78 is 1.91. The standard InChI is InChI=1S/C22H25N3OS/c1-15(2)18-8-6-10-20(13-18)21(26)12-17-7-5-9-19(11-17)16(3)27-22-24-23-14-25(22)4/h5-11,13-16H,12H2,1-4H3/t16-/m0/s1. The van der Waals surface area contributed by atoms with E-state index in [9.17, 15) is 4.79 Å². The smallest absolute Gasteiger partial charge is 0.191 e. The van der Waals surface area contributed by atoms with Crippen LogP contribution >= 0.6 is 11.8 Å². The summed E-state index contributed by atoms with van der Waals surface area (Å²) in [6.45, 7) is 6.43. The highest BCUT2D eigenvalue weighted by molar-refractivity contribution is 7.99. The van der Waals surface area contributed by atoms with Crippen molar-refractivity contribution >= 4 is 17.5 Å². The minimum atomic E-state index is 0.156. The maximum atomic E-state index is 12.7. The van der Waals surface area contributed by atoms with E-state index in [0.29, 0.717) is 12.3 Å². The molecule has 1 atom stereocenters. The molecule has 1 aromatic heterocycles. The van der Waals surface area contributed by atoms with Crippen LogP contribution in [-0.4, -0.2) is 20.5 Å². The Bertz CT molecular complexity index is 933. The van der Waals surface area contributed by atoms with Crippen molar-refractivity contribution in [2.24, 2.45) is 7.05 Å². The minimum Gasteiger partial charge on any atom is -0.312 e. The van der Waals surface area contributed by atoms with Gasteiger partial charge in [0.25, 0.3) is 0 Å². The normalized spacial score (nSPS) is 12.3. The summed E-state index contributed by atoms with van der Waals surface area (Å²) in [4.78, 5) is 12.7. The lowest BCUT2D eigenvalue weighted by Crippen LogP contribution is -2.05. The van der Waals surface area contributed by atoms with Crippen molar-refractivity contribution in [2.75, 3.05) is 0 Å². The second kappa shape index (κ2) is 8.53. The summed E-state index contributed by atoms with van der Waals surface area (Å²) in [6.07, 6.45) is 2.12. The van der Waals surface area contributed by atoms with Crippen LogP contribution in [0.3, 0.4) is 0 Å². The third-order valence-electron chi connectivity index (χ3n) is 4.61. The molecule has 2 aromatic carbocycles. The minimum absolute atomic E-state index is 0.156. The summed E-state index contributed by atoms with van der Waals surface area (Å²) in [6, 6.07) is 16.2. The largest absolute Gasteiger partial charge is 0.312 e. The number of thioether (sulfide) groups is 1. The molecule has 0 aliphatic rings. The molecule has 0 bridgehead atoms. The van der Waals surface area contributed by atoms with E-state index < -0.39 is 0 Å². The molecule has 1 heterocycles. The van der Waals surface area contributed by atoms with Crippen LogP contribution in [0.25, 0.3) is 0 Å². The zero-order valence-electron chi connectivity index (χ0n) is 16.2. The van der Waals surface area contributed by atoms with Gasteiger partial charge in [0.15, 0.2) is 10.9 Å². The van der Waals surface area contributed by atoms with E-state index in [1.165, 1.54) is 11.1 Å². The fourth-order valence-corrected chi connectivity index (χ4v) is 3.83. The Balaban J connectivity index is 1.72. The van der Waals surface area contributed by atoms with Gasteiger partial charge in [0.1, 0.15) is 6.33 Å². The zero-order chi connectivity index (χ0) is 19.4. The molecule has 0 saturated carbocycles. The summed E-state index contributed by atoms with van der Waals surface area (Å²) in [7, 11) is 1.94. The number of aromatic nitrogens is 3. The number of aryl methyl sites for hydroxylation is 1. The van der Waals surface area contributed by atoms with E-state index in [2.05, 4.69) is 49.2 Å². The molecule has 0 N–H and O–H groups in total. The Labute approximate surface area is 165 Å². The molecule has 3 rings (SSSR count). The van der Waals surface area contributed by atoms with Gasteiger partial charge in [0.2, 0.25) is 0 Å². The van der Waals surface area contributed by atoms with Crippen LogP contribution < -0.4 is 0 Å². The lowest BCUT2D eigenvalue weighted by molar-refractivity contribution is 0.0993. The van der Waals surface area contributed by atoms with Gasteiger partial charge in [-0.1, -0.05) is 68.1 Å². The Morgan fingerprint density at radius 3 is 2.52 bits per heavy atom. The Hall–Kier alpha value is -2.40. The number of Topliss-reactive ketones (excluding diaryl/α,β-unsaturated/α-hetero) is 1. The first-order valence-corrected chi connectivity index (χ1v) is 10.0. The van der Waals surface area contributed by atoms with E-state index in [1.54, 1.807) is 18.1 Å². The van der Waals surface area contributed by atoms with Gasteiger partial charge < -0.3 is 4.57 Å². The molecular weight excluding hydrogens is 354 g/mol. The van der Waals surface area contributed by atoms with Gasteiger partial charge in [-0.05, 0) is 35.6 Å². The molecule has 5 heteroatoms. The van der Waals surface area contributed by atoms with Gasteiger partial charge in [-0.25, -0.2) is 0 Å². The van der Waals surface area contributed by atoms with Crippen LogP contribution in [0.4, 0.5) is 0 Å². The lowest BCUT2D eigenvalue weighted by Gasteiger charge is -2.12. The molecule has 27 heavy (non-hydrogen) atoms. The van der Waals surface area contributed by atoms with E-state index >= 15 is 0 Å². The summed E-state index contributed by atoms with van der Waals surface area (Å²) in [5.41, 5.74) is 4.21. The van der Waals surface area contributed by atoms with Crippen LogP contribution in [0, 0.1) is 0 Å². The first-order valence-electron chi connectivity index (χ1n) is 9.16. The van der Waals surface area contributed by atoms with Crippen molar-refractivity contribution < 1.29 is 4.79 Å². The highest BCUT2D eigenvalue weighted by Gasteiger charge is 2.14. The fourth-order valence-electron chi connectivity index (χ4n) is 2.92. The molecule has 140 valence electrons. The van der Waals surface area contributed by atoms with Crippen molar-refractivity contribution in [1.82, 2.24) is 14.8 Å². The molecule has 0 fully saturated rings. The van der Waals surface area contributed by atoms with Crippen molar-refractivity contribution in [2.45, 2.75) is 43.5 Å². The van der Waals surface area contributed by atoms with Gasteiger partial charge >= 0.3 is 0 Å². The van der Waals surface area contributed by atoms with Crippen LogP contribution in [0.5, 0.6) is 0 Å². The van der Waals surface area contributed by atoms with Crippen LogP contribution in [0.15, 0.2) is 60.0 Å². The second-order valence-electron chi connectivity index (χ2n) is 7.11. The third-order valence-corrected chi connectivity index (χ3v) is 5.82. The van der Waals surface area contributed by atoms with Crippen LogP contribution in [0.2, 0.25) is 0 Å². The molecule has 0 saturated heterocycles. The van der Waals surface area contributed by atoms with Gasteiger partial charge in [-0.3, -0.25) is 4.79 Å². The number of nitrogens with zero attached hydrogens (tertiary/aromatic N) is 3. The maximum Gasteiger partial charge on any atom is 0.191 e. The molecule has 0 amide bonds. The first kappa shape index (κ1) is 19.4. The Kier molecular flexibility index (Phi) is 6.11. The average molecular weight is 380 g/mol. The van der Waals surface area contributed by atoms with E-state index in [4.69, 9.17) is 0 Å². The van der Waals surface area contributed by atoms with E-state index in [0.717, 1.165) is 16.3 Å². The SMILES string of the molecule is CC(C)c1cccc(C(=O)Cc2cccc([C@H](C)Sc3nncn3C)c2)c1. The molecule has 0 aliphatic heterocycles. The molecule has 0 aliphatic carbocycles. The lowest BCUT2D eigenvalue weighted by atomic mass is 9.96. The van der Waals surface area contributed by atoms with Gasteiger partial charge in [-0.15, -0.1) is 10.2 Å². The maximum absolute atomic E-state index is 12.7. The third kappa shape index (κ3) is 4.86. The Morgan fingerprint density at radius 2 is 1.81 bits per heavy atom. The fraction of sp³-hybridized carbons (Fsp3) is 0.318. The second-order valence-corrected chi connectivity index (χ2v) is 8.42. The van der Waals surface area contributed by atoms with E-state index in [-0.39, 0.29) is 11.0 Å². The molecule has 0 spiro atoms. The number of hydrogen-bond acceptors (Lipinski definition) is 4. The van der Waals surface area contributed by atoms with Crippen LogP contribution in [0.1, 0.15) is 59.0 Å². The van der Waals surface area contributed by atoms with Crippen molar-refractivity contribution in [3.63, 3.8) is 0 Å². The molecule has 3 aromatic rings. The Morgan fingerprint density at radius 1 is 1.07 bits per heavy atom. The number of ketones is 1. The predicted octanol–water partition coefficient (Wildman–Crippen LogP) is 5.22. The van der Waals surface area contributed by atoms with Gasteiger partial charge in [0.05, 0.1) is 0 Å². The molecular formula is C22H25N3OS. The molecule has 0 radical (unpaired) electrons. The predicted molar refractivity (Wildman–Crippen MR) is 110 cm³/mol.